The van der Waals surface area contributed by atoms with E-state index in [9.17, 15) is 4.39 Å². The highest BCUT2D eigenvalue weighted by Crippen LogP contribution is 1.94. The summed E-state index contributed by atoms with van der Waals surface area (Å²) in [5, 5.41) is 0.362. The van der Waals surface area contributed by atoms with Crippen LogP contribution in [0.1, 0.15) is 0 Å². The number of alkyl halides is 2. The number of halogens is 2. The summed E-state index contributed by atoms with van der Waals surface area (Å²) in [6.45, 7) is 0.186. The molecule has 0 rings (SSSR count). The number of hydrogen-bond acceptors (Lipinski definition) is 1. The highest BCUT2D eigenvalue weighted by molar-refractivity contribution is 9.09. The smallest absolute Gasteiger partial charge is 0.133 e. The van der Waals surface area contributed by atoms with E-state index in [-0.39, 0.29) is 6.61 Å². The molecule has 3 heteroatoms. The van der Waals surface area contributed by atoms with Gasteiger partial charge in [0.25, 0.3) is 0 Å². The second-order valence-corrected chi connectivity index (χ2v) is 1.85. The maximum atomic E-state index is 12.0. The summed E-state index contributed by atoms with van der Waals surface area (Å²) < 4.78 is 16.4. The Balaban J connectivity index is 2.83. The molecule has 0 aliphatic rings. The molecule has 0 saturated carbocycles. The Bertz CT molecular complexity index is 42.7. The first-order valence-corrected chi connectivity index (χ1v) is 3.12. The van der Waals surface area contributed by atoms with E-state index in [0.29, 0.717) is 5.33 Å². The quantitative estimate of drug-likeness (QED) is 0.582. The zero-order valence-electron chi connectivity index (χ0n) is 4.16. The number of hydrogen-bond donors (Lipinski definition) is 0. The molecule has 0 aliphatic carbocycles. The topological polar surface area (TPSA) is 9.23 Å². The van der Waals surface area contributed by atoms with E-state index in [1.165, 1.54) is 7.11 Å². The second kappa shape index (κ2) is 4.53. The SMILES string of the molecule is COCC(F)CBr. The lowest BCUT2D eigenvalue weighted by Gasteiger charge is -1.98. The summed E-state index contributed by atoms with van der Waals surface area (Å²) in [5.74, 6) is 0. The van der Waals surface area contributed by atoms with Gasteiger partial charge in [-0.15, -0.1) is 0 Å². The van der Waals surface area contributed by atoms with Crippen molar-refractivity contribution in [3.05, 3.63) is 0 Å². The molecular weight excluding hydrogens is 163 g/mol. The number of methoxy groups -OCH3 is 1. The van der Waals surface area contributed by atoms with Gasteiger partial charge in [-0.3, -0.25) is 0 Å². The van der Waals surface area contributed by atoms with Gasteiger partial charge < -0.3 is 4.74 Å². The van der Waals surface area contributed by atoms with Crippen LogP contribution in [0.15, 0.2) is 0 Å². The normalized spacial score (nSPS) is 14.1. The summed E-state index contributed by atoms with van der Waals surface area (Å²) in [6, 6.07) is 0. The highest BCUT2D eigenvalue weighted by atomic mass is 79.9. The maximum absolute atomic E-state index is 12.0. The van der Waals surface area contributed by atoms with Crippen LogP contribution in [-0.2, 0) is 4.74 Å². The summed E-state index contributed by atoms with van der Waals surface area (Å²) in [5.41, 5.74) is 0. The lowest BCUT2D eigenvalue weighted by molar-refractivity contribution is 0.136. The summed E-state index contributed by atoms with van der Waals surface area (Å²) in [6.07, 6.45) is -0.856. The lowest BCUT2D eigenvalue weighted by atomic mass is 10.5. The van der Waals surface area contributed by atoms with Crippen molar-refractivity contribution in [1.29, 1.82) is 0 Å². The van der Waals surface area contributed by atoms with Gasteiger partial charge in [0.1, 0.15) is 6.17 Å². The molecule has 0 fully saturated rings. The fourth-order valence-electron chi connectivity index (χ4n) is 0.225. The molecule has 0 radical (unpaired) electrons. The van der Waals surface area contributed by atoms with E-state index in [0.717, 1.165) is 0 Å². The van der Waals surface area contributed by atoms with Crippen LogP contribution in [0.25, 0.3) is 0 Å². The van der Waals surface area contributed by atoms with Crippen LogP contribution in [0.5, 0.6) is 0 Å². The summed E-state index contributed by atoms with van der Waals surface area (Å²) >= 11 is 2.96. The maximum Gasteiger partial charge on any atom is 0.133 e. The molecule has 0 N–H and O–H groups in total. The van der Waals surface area contributed by atoms with E-state index in [4.69, 9.17) is 0 Å². The summed E-state index contributed by atoms with van der Waals surface area (Å²) in [7, 11) is 1.48. The number of ether oxygens (including phenoxy) is 1. The first kappa shape index (κ1) is 7.37. The standard InChI is InChI=1S/C4H8BrFO/c1-7-3-4(6)2-5/h4H,2-3H2,1H3. The third-order valence-corrected chi connectivity index (χ3v) is 1.22. The molecule has 0 saturated heterocycles. The average molecular weight is 171 g/mol. The molecule has 0 aromatic rings. The van der Waals surface area contributed by atoms with Crippen LogP contribution in [-0.4, -0.2) is 25.2 Å². The molecule has 1 atom stereocenters. The van der Waals surface area contributed by atoms with Gasteiger partial charge in [-0.1, -0.05) is 15.9 Å². The molecule has 1 nitrogen and oxygen atoms in total. The molecule has 0 amide bonds. The zero-order valence-corrected chi connectivity index (χ0v) is 5.74. The van der Waals surface area contributed by atoms with Gasteiger partial charge in [-0.2, -0.15) is 0 Å². The van der Waals surface area contributed by atoms with Crippen LogP contribution < -0.4 is 0 Å². The van der Waals surface area contributed by atoms with Crippen molar-refractivity contribution < 1.29 is 9.13 Å². The van der Waals surface area contributed by atoms with Crippen LogP contribution in [0.4, 0.5) is 4.39 Å². The third-order valence-electron chi connectivity index (χ3n) is 0.515. The Kier molecular flexibility index (Phi) is 4.77. The lowest BCUT2D eigenvalue weighted by Crippen LogP contribution is -2.08. The Morgan fingerprint density at radius 3 is 2.57 bits per heavy atom. The molecule has 0 aromatic carbocycles. The minimum Gasteiger partial charge on any atom is -0.382 e. The zero-order chi connectivity index (χ0) is 5.70. The molecule has 0 aliphatic heterocycles. The first-order chi connectivity index (χ1) is 3.31. The van der Waals surface area contributed by atoms with E-state index < -0.39 is 6.17 Å². The van der Waals surface area contributed by atoms with E-state index in [1.807, 2.05) is 0 Å². The van der Waals surface area contributed by atoms with Gasteiger partial charge >= 0.3 is 0 Å². The van der Waals surface area contributed by atoms with E-state index in [2.05, 4.69) is 20.7 Å². The van der Waals surface area contributed by atoms with Crippen molar-refractivity contribution in [3.63, 3.8) is 0 Å². The van der Waals surface area contributed by atoms with Gasteiger partial charge in [-0.05, 0) is 0 Å². The fraction of sp³-hybridized carbons (Fsp3) is 1.00. The van der Waals surface area contributed by atoms with Gasteiger partial charge in [0.05, 0.1) is 6.61 Å². The van der Waals surface area contributed by atoms with Crippen molar-refractivity contribution in [1.82, 2.24) is 0 Å². The second-order valence-electron chi connectivity index (χ2n) is 1.21. The summed E-state index contributed by atoms with van der Waals surface area (Å²) in [4.78, 5) is 0. The van der Waals surface area contributed by atoms with Crippen LogP contribution in [0, 0.1) is 0 Å². The molecule has 7 heavy (non-hydrogen) atoms. The van der Waals surface area contributed by atoms with Crippen molar-refractivity contribution in [3.8, 4) is 0 Å². The fourth-order valence-corrected chi connectivity index (χ4v) is 0.412. The van der Waals surface area contributed by atoms with E-state index >= 15 is 0 Å². The van der Waals surface area contributed by atoms with Gasteiger partial charge in [0.15, 0.2) is 0 Å². The number of rotatable bonds is 3. The molecule has 0 bridgehead atoms. The van der Waals surface area contributed by atoms with Crippen LogP contribution >= 0.6 is 15.9 Å². The Hall–Kier alpha value is 0.370. The predicted molar refractivity (Wildman–Crippen MR) is 30.6 cm³/mol. The minimum atomic E-state index is -0.856. The van der Waals surface area contributed by atoms with Gasteiger partial charge in [0, 0.05) is 12.4 Å². The molecule has 1 unspecified atom stereocenters. The third kappa shape index (κ3) is 4.22. The van der Waals surface area contributed by atoms with Crippen molar-refractivity contribution in [2.24, 2.45) is 0 Å². The highest BCUT2D eigenvalue weighted by Gasteiger charge is 1.99. The molecular formula is C4H8BrFO. The molecule has 0 heterocycles. The average Bonchev–Trinajstić information content (AvgIpc) is 1.68. The first-order valence-electron chi connectivity index (χ1n) is 2.00. The van der Waals surface area contributed by atoms with E-state index in [1.54, 1.807) is 0 Å². The Morgan fingerprint density at radius 2 is 2.43 bits per heavy atom. The Morgan fingerprint density at radius 1 is 1.86 bits per heavy atom. The Labute approximate surface area is 51.0 Å². The van der Waals surface area contributed by atoms with Crippen LogP contribution in [0.3, 0.4) is 0 Å². The monoisotopic (exact) mass is 170 g/mol. The largest absolute Gasteiger partial charge is 0.382 e. The molecule has 0 spiro atoms. The van der Waals surface area contributed by atoms with Crippen molar-refractivity contribution >= 4 is 15.9 Å². The minimum absolute atomic E-state index is 0.186. The molecule has 44 valence electrons. The van der Waals surface area contributed by atoms with Crippen molar-refractivity contribution in [2.75, 3.05) is 19.0 Å². The van der Waals surface area contributed by atoms with Gasteiger partial charge in [0.2, 0.25) is 0 Å². The van der Waals surface area contributed by atoms with Crippen molar-refractivity contribution in [2.45, 2.75) is 6.17 Å². The van der Waals surface area contributed by atoms with Gasteiger partial charge in [-0.25, -0.2) is 4.39 Å². The molecule has 0 aromatic heterocycles. The predicted octanol–water partition coefficient (Wildman–Crippen LogP) is 1.37. The van der Waals surface area contributed by atoms with Crippen LogP contribution in [0.2, 0.25) is 0 Å².